The van der Waals surface area contributed by atoms with Gasteiger partial charge in [0.1, 0.15) is 0 Å². The predicted octanol–water partition coefficient (Wildman–Crippen LogP) is 3.85. The fourth-order valence-electron chi connectivity index (χ4n) is 0. The summed E-state index contributed by atoms with van der Waals surface area (Å²) in [6.07, 6.45) is -4.26. The van der Waals surface area contributed by atoms with Crippen LogP contribution in [0.25, 0.3) is 0 Å². The fourth-order valence-corrected chi connectivity index (χ4v) is 0. The number of allylic oxidation sites excluding steroid dienone is 1. The van der Waals surface area contributed by atoms with Gasteiger partial charge in [-0.2, -0.15) is 25.8 Å². The third kappa shape index (κ3) is 66.2. The SMILES string of the molecule is C=CC(F)(F)F.FP(F)F.[Ni]. The van der Waals surface area contributed by atoms with E-state index in [1.165, 1.54) is 0 Å². The van der Waals surface area contributed by atoms with Gasteiger partial charge >= 0.3 is 15.0 Å². The van der Waals surface area contributed by atoms with E-state index in [1.54, 1.807) is 0 Å². The third-order valence-corrected chi connectivity index (χ3v) is 0.231. The Balaban J connectivity index is -0.000000114. The summed E-state index contributed by atoms with van der Waals surface area (Å²) in [5, 5.41) is 0. The van der Waals surface area contributed by atoms with Crippen molar-refractivity contribution in [3.8, 4) is 0 Å². The van der Waals surface area contributed by atoms with Crippen LogP contribution >= 0.6 is 8.85 Å². The summed E-state index contributed by atoms with van der Waals surface area (Å²) in [5.74, 6) is 0. The van der Waals surface area contributed by atoms with Gasteiger partial charge in [0.2, 0.25) is 0 Å². The van der Waals surface area contributed by atoms with Gasteiger partial charge in [-0.05, 0) is 0 Å². The minimum absolute atomic E-state index is 0. The number of rotatable bonds is 0. The molecule has 0 fully saturated rings. The summed E-state index contributed by atoms with van der Waals surface area (Å²) in [5.41, 5.74) is 0. The van der Waals surface area contributed by atoms with E-state index in [9.17, 15) is 25.8 Å². The van der Waals surface area contributed by atoms with Crippen LogP contribution in [0.2, 0.25) is 0 Å². The molecule has 0 saturated heterocycles. The molecule has 0 saturated carbocycles. The zero-order chi connectivity index (χ0) is 8.78. The quantitative estimate of drug-likeness (QED) is 0.262. The van der Waals surface area contributed by atoms with Crippen LogP contribution in [0.3, 0.4) is 0 Å². The Morgan fingerprint density at radius 1 is 1.09 bits per heavy atom. The molecule has 0 aromatic rings. The third-order valence-electron chi connectivity index (χ3n) is 0.231. The average molecular weight is 243 g/mol. The summed E-state index contributed by atoms with van der Waals surface area (Å²) >= 11 is 0. The molecule has 0 atom stereocenters. The average Bonchev–Trinajstić information content (AvgIpc) is 1.63. The van der Waals surface area contributed by atoms with Gasteiger partial charge in [0.25, 0.3) is 0 Å². The molecule has 0 bridgehead atoms. The molecule has 0 aromatic heterocycles. The van der Waals surface area contributed by atoms with Gasteiger partial charge in [0.05, 0.1) is 0 Å². The van der Waals surface area contributed by atoms with E-state index in [4.69, 9.17) is 0 Å². The minimum atomic E-state index is -4.19. The molecule has 0 rings (SSSR count). The van der Waals surface area contributed by atoms with Gasteiger partial charge in [-0.1, -0.05) is 6.58 Å². The maximum Gasteiger partial charge on any atom is 0.456 e. The molecule has 0 spiro atoms. The molecule has 0 aliphatic carbocycles. The van der Waals surface area contributed by atoms with E-state index >= 15 is 0 Å². The van der Waals surface area contributed by atoms with Gasteiger partial charge < -0.3 is 0 Å². The minimum Gasteiger partial charge on any atom is -0.167 e. The molecule has 0 unspecified atom stereocenters. The fraction of sp³-hybridized carbons (Fsp3) is 0.333. The van der Waals surface area contributed by atoms with Crippen molar-refractivity contribution >= 4 is 8.85 Å². The summed E-state index contributed by atoms with van der Waals surface area (Å²) < 4.78 is 61.2. The van der Waals surface area contributed by atoms with Crippen LogP contribution in [-0.2, 0) is 16.5 Å². The molecule has 0 heterocycles. The number of halogens is 6. The van der Waals surface area contributed by atoms with Crippen molar-refractivity contribution in [2.24, 2.45) is 0 Å². The van der Waals surface area contributed by atoms with Crippen molar-refractivity contribution in [2.45, 2.75) is 6.18 Å². The molecule has 8 heteroatoms. The molecule has 0 aliphatic heterocycles. The first-order valence-electron chi connectivity index (χ1n) is 1.77. The van der Waals surface area contributed by atoms with Gasteiger partial charge in [0.15, 0.2) is 0 Å². The van der Waals surface area contributed by atoms with Crippen LogP contribution < -0.4 is 0 Å². The van der Waals surface area contributed by atoms with Crippen LogP contribution in [0, 0.1) is 0 Å². The molecule has 0 radical (unpaired) electrons. The maximum absolute atomic E-state index is 10.7. The Kier molecular flexibility index (Phi) is 13.2. The predicted molar refractivity (Wildman–Crippen MR) is 26.5 cm³/mol. The molecule has 0 nitrogen and oxygen atoms in total. The van der Waals surface area contributed by atoms with E-state index in [2.05, 4.69) is 6.58 Å². The Morgan fingerprint density at radius 2 is 1.18 bits per heavy atom. The molecular weight excluding hydrogens is 240 g/mol. The largest absolute Gasteiger partial charge is 0.456 e. The van der Waals surface area contributed by atoms with Crippen LogP contribution in [0.5, 0.6) is 0 Å². The Bertz CT molecular complexity index is 87.6. The van der Waals surface area contributed by atoms with E-state index in [0.29, 0.717) is 0 Å². The molecule has 0 N–H and O–H groups in total. The normalized spacial score (nSPS) is 9.36. The van der Waals surface area contributed by atoms with Gasteiger partial charge in [-0.25, -0.2) is 0 Å². The first-order chi connectivity index (χ1) is 4.29. The first kappa shape index (κ1) is 17.4. The maximum atomic E-state index is 10.7. The van der Waals surface area contributed by atoms with Crippen molar-refractivity contribution < 1.29 is 42.3 Å². The van der Waals surface area contributed by atoms with Crippen molar-refractivity contribution in [1.29, 1.82) is 0 Å². The van der Waals surface area contributed by atoms with Crippen LogP contribution in [0.15, 0.2) is 12.7 Å². The Morgan fingerprint density at radius 3 is 1.18 bits per heavy atom. The Labute approximate surface area is 70.7 Å². The van der Waals surface area contributed by atoms with Crippen molar-refractivity contribution in [3.05, 3.63) is 12.7 Å². The zero-order valence-electron chi connectivity index (χ0n) is 4.82. The number of hydrogen-bond donors (Lipinski definition) is 0. The summed E-state index contributed by atoms with van der Waals surface area (Å²) in [7, 11) is -4.12. The van der Waals surface area contributed by atoms with Crippen LogP contribution in [0.4, 0.5) is 25.8 Å². The van der Waals surface area contributed by atoms with Crippen molar-refractivity contribution in [1.82, 2.24) is 0 Å². The second kappa shape index (κ2) is 8.34. The summed E-state index contributed by atoms with van der Waals surface area (Å²) in [6.45, 7) is 2.51. The monoisotopic (exact) mass is 242 g/mol. The molecule has 0 aromatic carbocycles. The van der Waals surface area contributed by atoms with Crippen molar-refractivity contribution in [3.63, 3.8) is 0 Å². The summed E-state index contributed by atoms with van der Waals surface area (Å²) in [6, 6.07) is 0. The molecule has 0 amide bonds. The topological polar surface area (TPSA) is 0 Å². The molecule has 0 aliphatic rings. The van der Waals surface area contributed by atoms with Crippen LogP contribution in [0.1, 0.15) is 0 Å². The van der Waals surface area contributed by atoms with Gasteiger partial charge in [0, 0.05) is 22.6 Å². The second-order valence-electron chi connectivity index (χ2n) is 0.937. The Hall–Kier alpha value is 0.244. The van der Waals surface area contributed by atoms with E-state index in [1.807, 2.05) is 0 Å². The second-order valence-corrected chi connectivity index (χ2v) is 1.32. The van der Waals surface area contributed by atoms with Gasteiger partial charge in [-0.15, -0.1) is 0 Å². The first-order valence-corrected chi connectivity index (χ1v) is 2.79. The van der Waals surface area contributed by atoms with Crippen molar-refractivity contribution in [2.75, 3.05) is 0 Å². The molecule has 11 heavy (non-hydrogen) atoms. The van der Waals surface area contributed by atoms with Crippen LogP contribution in [-0.4, -0.2) is 6.18 Å². The smallest absolute Gasteiger partial charge is 0.167 e. The van der Waals surface area contributed by atoms with E-state index in [0.717, 1.165) is 0 Å². The standard InChI is InChI=1S/C3H3F3.F3P.Ni/c1-2-3(4,5)6;1-4(2)3;/h2H,1H2;;. The zero-order valence-corrected chi connectivity index (χ0v) is 6.70. The number of hydrogen-bond acceptors (Lipinski definition) is 0. The number of alkyl halides is 3. The molecule has 72 valence electrons. The van der Waals surface area contributed by atoms with Gasteiger partial charge in [-0.3, -0.25) is 0 Å². The van der Waals surface area contributed by atoms with E-state index < -0.39 is 15.0 Å². The molecular formula is C3H3F6NiP. The van der Waals surface area contributed by atoms with E-state index in [-0.39, 0.29) is 22.6 Å². The summed E-state index contributed by atoms with van der Waals surface area (Å²) in [4.78, 5) is 0.